The Morgan fingerprint density at radius 2 is 2.08 bits per heavy atom. The number of nitrogens with one attached hydrogen (secondary N) is 1. The normalized spacial score (nSPS) is 21.5. The molecule has 0 saturated heterocycles. The van der Waals surface area contributed by atoms with E-state index in [0.717, 1.165) is 6.54 Å². The van der Waals surface area contributed by atoms with E-state index in [4.69, 9.17) is 4.74 Å². The number of hydrogen-bond acceptors (Lipinski definition) is 3. The lowest BCUT2D eigenvalue weighted by Gasteiger charge is -2.03. The van der Waals surface area contributed by atoms with Gasteiger partial charge in [0, 0.05) is 12.6 Å². The minimum Gasteiger partial charge on any atom is -0.465 e. The van der Waals surface area contributed by atoms with E-state index >= 15 is 0 Å². The number of esters is 1. The molecule has 0 spiro atoms. The first-order valence-electron chi connectivity index (χ1n) is 5.23. The lowest BCUT2D eigenvalue weighted by molar-refractivity contribution is -0.144. The van der Waals surface area contributed by atoms with Crippen molar-refractivity contribution >= 4 is 5.97 Å². The summed E-state index contributed by atoms with van der Waals surface area (Å²) in [6.45, 7) is 1.44. The quantitative estimate of drug-likeness (QED) is 0.626. The smallest absolute Gasteiger partial charge is 0.307 e. The van der Waals surface area contributed by atoms with Gasteiger partial charge in [-0.05, 0) is 31.6 Å². The van der Waals surface area contributed by atoms with Crippen LogP contribution in [0.4, 0.5) is 0 Å². The van der Waals surface area contributed by atoms with Gasteiger partial charge >= 0.3 is 5.97 Å². The van der Waals surface area contributed by atoms with Gasteiger partial charge in [-0.25, -0.2) is 0 Å². The molecule has 0 aliphatic heterocycles. The average Bonchev–Trinajstić information content (AvgIpc) is 2.97. The first kappa shape index (κ1) is 9.00. The van der Waals surface area contributed by atoms with Gasteiger partial charge in [-0.3, -0.25) is 4.79 Å². The van der Waals surface area contributed by atoms with E-state index in [1.165, 1.54) is 25.7 Å². The molecule has 0 unspecified atom stereocenters. The summed E-state index contributed by atoms with van der Waals surface area (Å²) >= 11 is 0. The Hall–Kier alpha value is -0.570. The molecule has 0 radical (unpaired) electrons. The van der Waals surface area contributed by atoms with E-state index in [9.17, 15) is 4.79 Å². The van der Waals surface area contributed by atoms with Crippen LogP contribution in [0.3, 0.4) is 0 Å². The first-order chi connectivity index (χ1) is 6.34. The van der Waals surface area contributed by atoms with Crippen molar-refractivity contribution in [2.45, 2.75) is 38.1 Å². The maximum Gasteiger partial charge on any atom is 0.307 e. The van der Waals surface area contributed by atoms with E-state index in [1.54, 1.807) is 0 Å². The molecule has 0 heterocycles. The van der Waals surface area contributed by atoms with Crippen molar-refractivity contribution in [3.8, 4) is 0 Å². The zero-order valence-corrected chi connectivity index (χ0v) is 7.92. The van der Waals surface area contributed by atoms with Gasteiger partial charge < -0.3 is 10.1 Å². The Morgan fingerprint density at radius 3 is 2.69 bits per heavy atom. The molecule has 0 aromatic carbocycles. The van der Waals surface area contributed by atoms with E-state index in [0.29, 0.717) is 25.0 Å². The fraction of sp³-hybridized carbons (Fsp3) is 0.900. The van der Waals surface area contributed by atoms with Crippen LogP contribution < -0.4 is 5.32 Å². The highest BCUT2D eigenvalue weighted by Crippen LogP contribution is 2.28. The second kappa shape index (κ2) is 4.09. The van der Waals surface area contributed by atoms with E-state index in [-0.39, 0.29) is 5.97 Å². The standard InChI is InChI=1S/C10H17NO2/c12-10(13-7-8-1-2-8)5-6-11-9-3-4-9/h8-9,11H,1-7H2. The zero-order chi connectivity index (χ0) is 9.10. The van der Waals surface area contributed by atoms with Crippen LogP contribution in [0, 0.1) is 5.92 Å². The topological polar surface area (TPSA) is 38.3 Å². The molecule has 1 N–H and O–H groups in total. The molecule has 74 valence electrons. The lowest BCUT2D eigenvalue weighted by Crippen LogP contribution is -2.21. The molecule has 0 aromatic rings. The van der Waals surface area contributed by atoms with Gasteiger partial charge in [0.25, 0.3) is 0 Å². The average molecular weight is 183 g/mol. The van der Waals surface area contributed by atoms with E-state index < -0.39 is 0 Å². The molecule has 2 aliphatic rings. The third-order valence-corrected chi connectivity index (χ3v) is 2.52. The lowest BCUT2D eigenvalue weighted by atomic mass is 10.4. The van der Waals surface area contributed by atoms with Crippen molar-refractivity contribution in [3.63, 3.8) is 0 Å². The number of carbonyl (C=O) groups excluding carboxylic acids is 1. The van der Waals surface area contributed by atoms with Crippen molar-refractivity contribution < 1.29 is 9.53 Å². The minimum absolute atomic E-state index is 0.0416. The van der Waals surface area contributed by atoms with Crippen molar-refractivity contribution in [2.75, 3.05) is 13.2 Å². The second-order valence-electron chi connectivity index (χ2n) is 4.10. The molecule has 2 fully saturated rings. The van der Waals surface area contributed by atoms with Crippen LogP contribution in [0.25, 0.3) is 0 Å². The first-order valence-corrected chi connectivity index (χ1v) is 5.23. The Labute approximate surface area is 78.8 Å². The van der Waals surface area contributed by atoms with Crippen LogP contribution in [0.5, 0.6) is 0 Å². The summed E-state index contributed by atoms with van der Waals surface area (Å²) in [7, 11) is 0. The highest BCUT2D eigenvalue weighted by molar-refractivity contribution is 5.69. The molecule has 3 heteroatoms. The van der Waals surface area contributed by atoms with Gasteiger partial charge in [-0.15, -0.1) is 0 Å². The molecule has 0 aromatic heterocycles. The molecule has 2 saturated carbocycles. The maximum atomic E-state index is 11.1. The summed E-state index contributed by atoms with van der Waals surface area (Å²) in [5.74, 6) is 0.639. The fourth-order valence-electron chi connectivity index (χ4n) is 1.23. The van der Waals surface area contributed by atoms with Crippen LogP contribution in [0.2, 0.25) is 0 Å². The van der Waals surface area contributed by atoms with Gasteiger partial charge in [0.05, 0.1) is 13.0 Å². The van der Waals surface area contributed by atoms with Crippen molar-refractivity contribution in [1.29, 1.82) is 0 Å². The van der Waals surface area contributed by atoms with E-state index in [2.05, 4.69) is 5.32 Å². The fourth-order valence-corrected chi connectivity index (χ4v) is 1.23. The predicted octanol–water partition coefficient (Wildman–Crippen LogP) is 1.08. The van der Waals surface area contributed by atoms with Crippen molar-refractivity contribution in [3.05, 3.63) is 0 Å². The largest absolute Gasteiger partial charge is 0.465 e. The zero-order valence-electron chi connectivity index (χ0n) is 7.92. The molecule has 3 nitrogen and oxygen atoms in total. The monoisotopic (exact) mass is 183 g/mol. The van der Waals surface area contributed by atoms with Gasteiger partial charge in [0.15, 0.2) is 0 Å². The van der Waals surface area contributed by atoms with Crippen LogP contribution in [-0.4, -0.2) is 25.2 Å². The second-order valence-corrected chi connectivity index (χ2v) is 4.10. The van der Waals surface area contributed by atoms with Crippen molar-refractivity contribution in [1.82, 2.24) is 5.32 Å². The molecule has 2 rings (SSSR count). The van der Waals surface area contributed by atoms with Crippen LogP contribution in [0.15, 0.2) is 0 Å². The molecule has 0 amide bonds. The Bertz CT molecular complexity index is 185. The van der Waals surface area contributed by atoms with Gasteiger partial charge in [-0.2, -0.15) is 0 Å². The summed E-state index contributed by atoms with van der Waals surface area (Å²) in [5, 5.41) is 3.29. The van der Waals surface area contributed by atoms with Gasteiger partial charge in [0.1, 0.15) is 0 Å². The predicted molar refractivity (Wildman–Crippen MR) is 49.3 cm³/mol. The third kappa shape index (κ3) is 3.77. The van der Waals surface area contributed by atoms with Crippen molar-refractivity contribution in [2.24, 2.45) is 5.92 Å². The summed E-state index contributed by atoms with van der Waals surface area (Å²) < 4.78 is 5.09. The van der Waals surface area contributed by atoms with Crippen LogP contribution in [0.1, 0.15) is 32.1 Å². The van der Waals surface area contributed by atoms with Crippen LogP contribution in [-0.2, 0) is 9.53 Å². The Balaban J connectivity index is 1.44. The molecule has 13 heavy (non-hydrogen) atoms. The number of rotatable bonds is 6. The Morgan fingerprint density at radius 1 is 1.31 bits per heavy atom. The number of carbonyl (C=O) groups is 1. The highest BCUT2D eigenvalue weighted by Gasteiger charge is 2.23. The molecular weight excluding hydrogens is 166 g/mol. The van der Waals surface area contributed by atoms with Gasteiger partial charge in [0.2, 0.25) is 0 Å². The van der Waals surface area contributed by atoms with Crippen LogP contribution >= 0.6 is 0 Å². The van der Waals surface area contributed by atoms with E-state index in [1.807, 2.05) is 0 Å². The van der Waals surface area contributed by atoms with Gasteiger partial charge in [-0.1, -0.05) is 0 Å². The summed E-state index contributed by atoms with van der Waals surface area (Å²) in [6, 6.07) is 0.691. The highest BCUT2D eigenvalue weighted by atomic mass is 16.5. The molecule has 2 aliphatic carbocycles. The Kier molecular flexibility index (Phi) is 2.83. The maximum absolute atomic E-state index is 11.1. The summed E-state index contributed by atoms with van der Waals surface area (Å²) in [5.41, 5.74) is 0. The third-order valence-electron chi connectivity index (χ3n) is 2.52. The molecule has 0 bridgehead atoms. The number of hydrogen-bond donors (Lipinski definition) is 1. The molecular formula is C10H17NO2. The molecule has 0 atom stereocenters. The summed E-state index contributed by atoms with van der Waals surface area (Å²) in [6.07, 6.45) is 5.57. The SMILES string of the molecule is O=C(CCNC1CC1)OCC1CC1. The summed E-state index contributed by atoms with van der Waals surface area (Å²) in [4.78, 5) is 11.1. The number of ether oxygens (including phenoxy) is 1. The minimum atomic E-state index is -0.0416.